The number of aliphatic hydroxyl groups is 1. The summed E-state index contributed by atoms with van der Waals surface area (Å²) in [5.74, 6) is -5.91. The minimum absolute atomic E-state index is 0.282. The van der Waals surface area contributed by atoms with Crippen LogP contribution < -0.4 is 4.90 Å². The summed E-state index contributed by atoms with van der Waals surface area (Å²) >= 11 is 0. The number of hydrogen-bond donors (Lipinski definition) is 1. The molecule has 3 aromatic carbocycles. The van der Waals surface area contributed by atoms with Crippen molar-refractivity contribution in [3.63, 3.8) is 0 Å². The number of benzene rings is 3. The molecule has 0 radical (unpaired) electrons. The highest BCUT2D eigenvalue weighted by molar-refractivity contribution is 6.14. The van der Waals surface area contributed by atoms with E-state index in [0.29, 0.717) is 23.2 Å². The summed E-state index contributed by atoms with van der Waals surface area (Å²) in [6, 6.07) is 12.1. The zero-order valence-corrected chi connectivity index (χ0v) is 17.7. The van der Waals surface area contributed by atoms with E-state index >= 15 is 8.78 Å². The van der Waals surface area contributed by atoms with E-state index in [1.165, 1.54) is 25.1 Å². The van der Waals surface area contributed by atoms with Gasteiger partial charge in [0.15, 0.2) is 5.60 Å². The van der Waals surface area contributed by atoms with Crippen LogP contribution in [-0.4, -0.2) is 30.9 Å². The predicted molar refractivity (Wildman–Crippen MR) is 113 cm³/mol. The van der Waals surface area contributed by atoms with E-state index in [9.17, 15) is 23.1 Å². The zero-order chi connectivity index (χ0) is 23.9. The van der Waals surface area contributed by atoms with Gasteiger partial charge in [0, 0.05) is 30.7 Å². The Morgan fingerprint density at radius 3 is 1.88 bits per heavy atom. The monoisotopic (exact) mass is 451 g/mol. The van der Waals surface area contributed by atoms with Crippen molar-refractivity contribution in [1.82, 2.24) is 0 Å². The van der Waals surface area contributed by atoms with E-state index in [0.717, 1.165) is 12.1 Å². The Morgan fingerprint density at radius 1 is 0.844 bits per heavy atom. The molecule has 1 unspecified atom stereocenters. The third kappa shape index (κ3) is 3.83. The predicted octanol–water partition coefficient (Wildman–Crippen LogP) is 6.04. The Labute approximate surface area is 182 Å². The second-order valence-corrected chi connectivity index (χ2v) is 7.76. The van der Waals surface area contributed by atoms with Crippen LogP contribution in [0.4, 0.5) is 27.6 Å². The van der Waals surface area contributed by atoms with Gasteiger partial charge in [-0.2, -0.15) is 22.0 Å². The van der Waals surface area contributed by atoms with Crippen molar-refractivity contribution < 1.29 is 31.9 Å². The molecule has 8 heteroatoms. The van der Waals surface area contributed by atoms with Gasteiger partial charge >= 0.3 is 12.1 Å². The fourth-order valence-corrected chi connectivity index (χ4v) is 3.77. The Morgan fingerprint density at radius 2 is 1.38 bits per heavy atom. The van der Waals surface area contributed by atoms with Gasteiger partial charge in [0.05, 0.1) is 5.56 Å². The number of Topliss-reactive ketones (excluding diaryl/α,β-unsaturated/α-hetero) is 1. The Bertz CT molecular complexity index is 1140. The molecule has 0 saturated carbocycles. The quantitative estimate of drug-likeness (QED) is 0.367. The first kappa shape index (κ1) is 23.7. The van der Waals surface area contributed by atoms with Crippen LogP contribution in [0.25, 0.3) is 10.8 Å². The van der Waals surface area contributed by atoms with Gasteiger partial charge in [-0.3, -0.25) is 4.79 Å². The molecule has 3 aromatic rings. The number of nitrogens with zero attached hydrogens (tertiary/aromatic N) is 1. The van der Waals surface area contributed by atoms with Gasteiger partial charge in [-0.05, 0) is 41.6 Å². The number of carbonyl (C=O) groups is 1. The van der Waals surface area contributed by atoms with Crippen molar-refractivity contribution in [3.05, 3.63) is 77.4 Å². The lowest BCUT2D eigenvalue weighted by Gasteiger charge is -2.35. The molecule has 0 amide bonds. The number of halogens is 5. The molecular weight excluding hydrogens is 429 g/mol. The minimum atomic E-state index is -4.66. The van der Waals surface area contributed by atoms with Crippen LogP contribution in [0.3, 0.4) is 0 Å². The van der Waals surface area contributed by atoms with E-state index in [4.69, 9.17) is 0 Å². The maximum atomic E-state index is 15.5. The highest BCUT2D eigenvalue weighted by Crippen LogP contribution is 2.44. The summed E-state index contributed by atoms with van der Waals surface area (Å²) in [7, 11) is 3.55. The number of carbonyl (C=O) groups excluding carboxylic acids is 1. The molecule has 0 spiro atoms. The first-order valence-corrected chi connectivity index (χ1v) is 9.86. The first-order valence-electron chi connectivity index (χ1n) is 9.86. The Balaban J connectivity index is 2.12. The van der Waals surface area contributed by atoms with Crippen molar-refractivity contribution in [3.8, 4) is 0 Å². The van der Waals surface area contributed by atoms with Crippen molar-refractivity contribution in [2.45, 2.75) is 31.0 Å². The van der Waals surface area contributed by atoms with Crippen LogP contribution in [0.2, 0.25) is 0 Å². The molecule has 0 aromatic heterocycles. The Kier molecular flexibility index (Phi) is 6.04. The number of ketones is 1. The fraction of sp³-hybridized carbons (Fsp3) is 0.292. The van der Waals surface area contributed by atoms with E-state index in [2.05, 4.69) is 0 Å². The summed E-state index contributed by atoms with van der Waals surface area (Å²) < 4.78 is 69.6. The van der Waals surface area contributed by atoms with Crippen LogP contribution in [0.1, 0.15) is 34.8 Å². The van der Waals surface area contributed by atoms with Crippen LogP contribution >= 0.6 is 0 Å². The molecule has 0 heterocycles. The number of hydrogen-bond acceptors (Lipinski definition) is 3. The standard InChI is InChI=1S/C24H22F5NO2/c1-4-22(32,15-9-11-16(12-10-15)24(27,28)29)23(25,26)21(31)19-13-14-20(30(2)3)18-8-6-5-7-17(18)19/h5-14,32H,4H2,1-3H3. The zero-order valence-electron chi connectivity index (χ0n) is 17.7. The van der Waals surface area contributed by atoms with Gasteiger partial charge in [0.25, 0.3) is 0 Å². The average Bonchev–Trinajstić information content (AvgIpc) is 2.76. The third-order valence-electron chi connectivity index (χ3n) is 5.63. The summed E-state index contributed by atoms with van der Waals surface area (Å²) in [5, 5.41) is 11.8. The highest BCUT2D eigenvalue weighted by atomic mass is 19.4. The highest BCUT2D eigenvalue weighted by Gasteiger charge is 2.58. The molecular formula is C24H22F5NO2. The summed E-state index contributed by atoms with van der Waals surface area (Å²) in [6.45, 7) is 1.24. The summed E-state index contributed by atoms with van der Waals surface area (Å²) in [6.07, 6.45) is -5.25. The average molecular weight is 451 g/mol. The van der Waals surface area contributed by atoms with Gasteiger partial charge in [0.1, 0.15) is 0 Å². The second-order valence-electron chi connectivity index (χ2n) is 7.76. The second kappa shape index (κ2) is 8.16. The molecule has 1 N–H and O–H groups in total. The topological polar surface area (TPSA) is 40.5 Å². The number of alkyl halides is 5. The molecule has 0 saturated heterocycles. The number of anilines is 1. The molecule has 1 atom stereocenters. The number of fused-ring (bicyclic) bond motifs is 1. The molecule has 0 aliphatic rings. The lowest BCUT2D eigenvalue weighted by Crippen LogP contribution is -2.50. The van der Waals surface area contributed by atoms with Gasteiger partial charge in [-0.25, -0.2) is 0 Å². The van der Waals surface area contributed by atoms with Gasteiger partial charge in [-0.1, -0.05) is 43.3 Å². The van der Waals surface area contributed by atoms with E-state index in [1.807, 2.05) is 0 Å². The third-order valence-corrected chi connectivity index (χ3v) is 5.63. The number of rotatable bonds is 6. The maximum absolute atomic E-state index is 15.5. The maximum Gasteiger partial charge on any atom is 0.416 e. The largest absolute Gasteiger partial charge is 0.416 e. The van der Waals surface area contributed by atoms with Gasteiger partial charge < -0.3 is 10.0 Å². The normalized spacial score (nSPS) is 14.3. The molecule has 3 rings (SSSR count). The van der Waals surface area contributed by atoms with E-state index in [1.54, 1.807) is 37.2 Å². The van der Waals surface area contributed by atoms with Gasteiger partial charge in [0.2, 0.25) is 5.78 Å². The summed E-state index contributed by atoms with van der Waals surface area (Å²) in [5.41, 5.74) is -4.07. The van der Waals surface area contributed by atoms with Crippen LogP contribution in [0.5, 0.6) is 0 Å². The molecule has 0 fully saturated rings. The first-order chi connectivity index (χ1) is 14.8. The fourth-order valence-electron chi connectivity index (χ4n) is 3.77. The molecule has 0 bridgehead atoms. The smallest absolute Gasteiger partial charge is 0.378 e. The van der Waals surface area contributed by atoms with Crippen molar-refractivity contribution in [2.75, 3.05) is 19.0 Å². The molecule has 0 aliphatic heterocycles. The van der Waals surface area contributed by atoms with Crippen LogP contribution in [0.15, 0.2) is 60.7 Å². The van der Waals surface area contributed by atoms with Crippen molar-refractivity contribution >= 4 is 22.2 Å². The molecule has 3 nitrogen and oxygen atoms in total. The van der Waals surface area contributed by atoms with Crippen molar-refractivity contribution in [1.29, 1.82) is 0 Å². The Hall–Kier alpha value is -3.00. The SMILES string of the molecule is CCC(O)(c1ccc(C(F)(F)F)cc1)C(F)(F)C(=O)c1ccc(N(C)C)c2ccccc12. The molecule has 170 valence electrons. The lowest BCUT2D eigenvalue weighted by molar-refractivity contribution is -0.158. The van der Waals surface area contributed by atoms with Crippen LogP contribution in [0, 0.1) is 0 Å². The lowest BCUT2D eigenvalue weighted by atomic mass is 9.80. The molecule has 0 aliphatic carbocycles. The van der Waals surface area contributed by atoms with E-state index in [-0.39, 0.29) is 10.9 Å². The van der Waals surface area contributed by atoms with Crippen molar-refractivity contribution in [2.24, 2.45) is 0 Å². The molecule has 32 heavy (non-hydrogen) atoms. The van der Waals surface area contributed by atoms with E-state index < -0.39 is 41.0 Å². The van der Waals surface area contributed by atoms with Crippen LogP contribution in [-0.2, 0) is 11.8 Å². The summed E-state index contributed by atoms with van der Waals surface area (Å²) in [4.78, 5) is 14.8. The van der Waals surface area contributed by atoms with Gasteiger partial charge in [-0.15, -0.1) is 0 Å². The minimum Gasteiger partial charge on any atom is -0.378 e.